The summed E-state index contributed by atoms with van der Waals surface area (Å²) >= 11 is 0. The first kappa shape index (κ1) is 8.04. The van der Waals surface area contributed by atoms with Gasteiger partial charge < -0.3 is 5.73 Å². The zero-order chi connectivity index (χ0) is 9.42. The van der Waals surface area contributed by atoms with Crippen LogP contribution < -0.4 is 5.73 Å². The molecule has 0 amide bonds. The Bertz CT molecular complexity index is 444. The van der Waals surface area contributed by atoms with Crippen molar-refractivity contribution in [3.63, 3.8) is 0 Å². The highest BCUT2D eigenvalue weighted by molar-refractivity contribution is 5.74. The Labute approximate surface area is 76.4 Å². The van der Waals surface area contributed by atoms with Crippen LogP contribution in [0, 0.1) is 6.92 Å². The Hall–Kier alpha value is -1.58. The van der Waals surface area contributed by atoms with Crippen LogP contribution in [0.2, 0.25) is 0 Å². The highest BCUT2D eigenvalue weighted by Crippen LogP contribution is 2.15. The van der Waals surface area contributed by atoms with Gasteiger partial charge >= 0.3 is 0 Å². The summed E-state index contributed by atoms with van der Waals surface area (Å²) in [6.07, 6.45) is 1.83. The van der Waals surface area contributed by atoms with E-state index in [9.17, 15) is 0 Å². The molecule has 0 unspecified atom stereocenters. The number of anilines is 1. The van der Waals surface area contributed by atoms with E-state index < -0.39 is 0 Å². The molecule has 68 valence electrons. The van der Waals surface area contributed by atoms with Gasteiger partial charge in [-0.2, -0.15) is 0 Å². The van der Waals surface area contributed by atoms with E-state index in [0.29, 0.717) is 5.95 Å². The van der Waals surface area contributed by atoms with Crippen molar-refractivity contribution in [1.82, 2.24) is 14.5 Å². The van der Waals surface area contributed by atoms with Crippen LogP contribution in [-0.2, 0) is 6.54 Å². The average molecular weight is 176 g/mol. The van der Waals surface area contributed by atoms with Gasteiger partial charge in [0.2, 0.25) is 5.95 Å². The van der Waals surface area contributed by atoms with E-state index in [1.54, 1.807) is 0 Å². The molecule has 2 N–H and O–H groups in total. The van der Waals surface area contributed by atoms with E-state index in [1.807, 2.05) is 30.7 Å². The molecule has 0 saturated heterocycles. The molecule has 2 rings (SSSR count). The number of aromatic nitrogens is 3. The predicted octanol–water partition coefficient (Wildman–Crippen LogP) is 1.34. The van der Waals surface area contributed by atoms with Crippen molar-refractivity contribution in [2.45, 2.75) is 20.4 Å². The second kappa shape index (κ2) is 2.73. The minimum Gasteiger partial charge on any atom is -0.369 e. The number of imidazole rings is 1. The molecule has 2 aromatic rings. The van der Waals surface area contributed by atoms with Gasteiger partial charge in [0.1, 0.15) is 5.52 Å². The van der Waals surface area contributed by atoms with E-state index in [0.717, 1.165) is 23.3 Å². The average Bonchev–Trinajstić information content (AvgIpc) is 2.39. The smallest absolute Gasteiger partial charge is 0.202 e. The monoisotopic (exact) mass is 176 g/mol. The van der Waals surface area contributed by atoms with Gasteiger partial charge in [0.05, 0.1) is 0 Å². The molecule has 2 heterocycles. The molecule has 0 bridgehead atoms. The Morgan fingerprint density at radius 2 is 2.31 bits per heavy atom. The van der Waals surface area contributed by atoms with Crippen LogP contribution in [0.1, 0.15) is 12.5 Å². The third-order valence-corrected chi connectivity index (χ3v) is 2.07. The zero-order valence-corrected chi connectivity index (χ0v) is 7.78. The van der Waals surface area contributed by atoms with Crippen molar-refractivity contribution in [3.8, 4) is 0 Å². The number of fused-ring (bicyclic) bond motifs is 1. The summed E-state index contributed by atoms with van der Waals surface area (Å²) < 4.78 is 1.90. The van der Waals surface area contributed by atoms with Crippen molar-refractivity contribution < 1.29 is 0 Å². The lowest BCUT2D eigenvalue weighted by molar-refractivity contribution is 0.790. The quantitative estimate of drug-likeness (QED) is 0.713. The molecular formula is C9H12N4. The van der Waals surface area contributed by atoms with Crippen molar-refractivity contribution >= 4 is 17.1 Å². The van der Waals surface area contributed by atoms with Gasteiger partial charge in [0.15, 0.2) is 5.65 Å². The van der Waals surface area contributed by atoms with Gasteiger partial charge in [-0.3, -0.25) is 4.57 Å². The summed E-state index contributed by atoms with van der Waals surface area (Å²) in [4.78, 5) is 8.52. The van der Waals surface area contributed by atoms with Crippen LogP contribution in [0.4, 0.5) is 5.95 Å². The number of aryl methyl sites for hydroxylation is 2. The molecule has 0 fully saturated rings. The third-order valence-electron chi connectivity index (χ3n) is 2.07. The molecular weight excluding hydrogens is 164 g/mol. The molecule has 0 saturated carbocycles. The van der Waals surface area contributed by atoms with E-state index in [2.05, 4.69) is 9.97 Å². The summed E-state index contributed by atoms with van der Waals surface area (Å²) in [6, 6.07) is 1.99. The molecule has 2 aromatic heterocycles. The normalized spacial score (nSPS) is 10.9. The molecule has 0 aliphatic heterocycles. The first-order valence-electron chi connectivity index (χ1n) is 4.30. The van der Waals surface area contributed by atoms with E-state index in [1.165, 1.54) is 0 Å². The minimum atomic E-state index is 0.538. The van der Waals surface area contributed by atoms with Crippen LogP contribution in [0.15, 0.2) is 12.3 Å². The van der Waals surface area contributed by atoms with Crippen LogP contribution in [-0.4, -0.2) is 14.5 Å². The van der Waals surface area contributed by atoms with E-state index >= 15 is 0 Å². The third kappa shape index (κ3) is 1.14. The summed E-state index contributed by atoms with van der Waals surface area (Å²) in [5.74, 6) is 0.538. The van der Waals surface area contributed by atoms with Crippen LogP contribution in [0.25, 0.3) is 11.2 Å². The Kier molecular flexibility index (Phi) is 1.69. The number of nitrogens with zero attached hydrogens (tertiary/aromatic N) is 3. The van der Waals surface area contributed by atoms with Crippen LogP contribution in [0.3, 0.4) is 0 Å². The largest absolute Gasteiger partial charge is 0.369 e. The number of hydrogen-bond acceptors (Lipinski definition) is 3. The number of rotatable bonds is 1. The molecule has 4 heteroatoms. The van der Waals surface area contributed by atoms with Crippen molar-refractivity contribution in [2.75, 3.05) is 5.73 Å². The predicted molar refractivity (Wildman–Crippen MR) is 52.4 cm³/mol. The zero-order valence-electron chi connectivity index (χ0n) is 7.78. The lowest BCUT2D eigenvalue weighted by Crippen LogP contribution is -2.01. The Morgan fingerprint density at radius 3 is 3.00 bits per heavy atom. The van der Waals surface area contributed by atoms with E-state index in [-0.39, 0.29) is 0 Å². The highest BCUT2D eigenvalue weighted by atomic mass is 15.2. The molecule has 13 heavy (non-hydrogen) atoms. The molecule has 0 aromatic carbocycles. The summed E-state index contributed by atoms with van der Waals surface area (Å²) in [5.41, 5.74) is 8.57. The van der Waals surface area contributed by atoms with Crippen molar-refractivity contribution in [2.24, 2.45) is 0 Å². The maximum atomic E-state index is 5.73. The van der Waals surface area contributed by atoms with Crippen molar-refractivity contribution in [1.29, 1.82) is 0 Å². The highest BCUT2D eigenvalue weighted by Gasteiger charge is 2.06. The first-order valence-corrected chi connectivity index (χ1v) is 4.30. The molecule has 0 atom stereocenters. The number of nitrogens with two attached hydrogens (primary N) is 1. The SMILES string of the molecule is CCn1c(N)nc2cc(C)cnc21. The number of pyridine rings is 1. The number of hydrogen-bond donors (Lipinski definition) is 1. The second-order valence-corrected chi connectivity index (χ2v) is 3.07. The molecule has 0 aliphatic rings. The van der Waals surface area contributed by atoms with Crippen LogP contribution in [0.5, 0.6) is 0 Å². The molecule has 0 radical (unpaired) electrons. The van der Waals surface area contributed by atoms with Gasteiger partial charge in [-0.15, -0.1) is 0 Å². The van der Waals surface area contributed by atoms with Gasteiger partial charge in [0.25, 0.3) is 0 Å². The van der Waals surface area contributed by atoms with Gasteiger partial charge in [0, 0.05) is 12.7 Å². The van der Waals surface area contributed by atoms with Gasteiger partial charge in [-0.05, 0) is 25.5 Å². The lowest BCUT2D eigenvalue weighted by Gasteiger charge is -1.99. The maximum absolute atomic E-state index is 5.73. The van der Waals surface area contributed by atoms with Gasteiger partial charge in [-0.1, -0.05) is 0 Å². The fourth-order valence-corrected chi connectivity index (χ4v) is 1.44. The maximum Gasteiger partial charge on any atom is 0.202 e. The summed E-state index contributed by atoms with van der Waals surface area (Å²) in [7, 11) is 0. The summed E-state index contributed by atoms with van der Waals surface area (Å²) in [6.45, 7) is 4.82. The van der Waals surface area contributed by atoms with E-state index in [4.69, 9.17) is 5.73 Å². The fourth-order valence-electron chi connectivity index (χ4n) is 1.44. The second-order valence-electron chi connectivity index (χ2n) is 3.07. The first-order chi connectivity index (χ1) is 6.22. The summed E-state index contributed by atoms with van der Waals surface area (Å²) in [5, 5.41) is 0. The number of nitrogen functional groups attached to an aromatic ring is 1. The lowest BCUT2D eigenvalue weighted by atomic mass is 10.3. The Balaban J connectivity index is 2.79. The van der Waals surface area contributed by atoms with Gasteiger partial charge in [-0.25, -0.2) is 9.97 Å². The molecule has 0 aliphatic carbocycles. The van der Waals surface area contributed by atoms with Crippen LogP contribution >= 0.6 is 0 Å². The fraction of sp³-hybridized carbons (Fsp3) is 0.333. The standard InChI is InChI=1S/C9H12N4/c1-3-13-8-7(12-9(13)10)4-6(2)5-11-8/h4-5H,3H2,1-2H3,(H2,10,12). The molecule has 0 spiro atoms. The minimum absolute atomic E-state index is 0.538. The Morgan fingerprint density at radius 1 is 1.54 bits per heavy atom. The molecule has 4 nitrogen and oxygen atoms in total. The topological polar surface area (TPSA) is 56.7 Å². The van der Waals surface area contributed by atoms with Crippen molar-refractivity contribution in [3.05, 3.63) is 17.8 Å².